The van der Waals surface area contributed by atoms with Gasteiger partial charge in [0.15, 0.2) is 17.5 Å². The highest BCUT2D eigenvalue weighted by atomic mass is 16.2. The molecule has 27 heavy (non-hydrogen) atoms. The molecule has 1 saturated heterocycles. The monoisotopic (exact) mass is 360 g/mol. The van der Waals surface area contributed by atoms with Gasteiger partial charge in [-0.3, -0.25) is 14.4 Å². The van der Waals surface area contributed by atoms with E-state index in [9.17, 15) is 14.4 Å². The molecule has 2 unspecified atom stereocenters. The summed E-state index contributed by atoms with van der Waals surface area (Å²) in [5, 5.41) is 3.72. The Bertz CT molecular complexity index is 1010. The first-order valence-corrected chi connectivity index (χ1v) is 9.08. The summed E-state index contributed by atoms with van der Waals surface area (Å²) >= 11 is 0. The van der Waals surface area contributed by atoms with E-state index in [1.165, 1.54) is 0 Å². The average Bonchev–Trinajstić information content (AvgIpc) is 3.21. The summed E-state index contributed by atoms with van der Waals surface area (Å²) in [6.07, 6.45) is 3.00. The molecule has 136 valence electrons. The lowest BCUT2D eigenvalue weighted by Gasteiger charge is -2.09. The summed E-state index contributed by atoms with van der Waals surface area (Å²) in [7, 11) is 0. The maximum Gasteiger partial charge on any atom is 0.238 e. The second kappa shape index (κ2) is 7.19. The predicted octanol–water partition coefficient (Wildman–Crippen LogP) is 2.53. The lowest BCUT2D eigenvalue weighted by Crippen LogP contribution is -2.30. The van der Waals surface area contributed by atoms with Crippen LogP contribution >= 0.6 is 0 Å². The molecule has 4 rings (SSSR count). The van der Waals surface area contributed by atoms with Gasteiger partial charge in [-0.2, -0.15) is 0 Å². The molecular weight excluding hydrogens is 340 g/mol. The van der Waals surface area contributed by atoms with Crippen LogP contribution in [0.5, 0.6) is 0 Å². The lowest BCUT2D eigenvalue weighted by molar-refractivity contribution is -0.136. The molecule has 2 heterocycles. The molecule has 1 aliphatic rings. The molecule has 5 nitrogen and oxygen atoms in total. The molecule has 0 aliphatic carbocycles. The highest BCUT2D eigenvalue weighted by Crippen LogP contribution is 2.20. The number of benzene rings is 2. The van der Waals surface area contributed by atoms with Crippen molar-refractivity contribution >= 4 is 28.4 Å². The molecule has 2 aromatic carbocycles. The molecular formula is C22H20N2O3. The fourth-order valence-electron chi connectivity index (χ4n) is 3.67. The number of rotatable bonds is 6. The minimum atomic E-state index is -1.20. The maximum atomic E-state index is 12.7. The van der Waals surface area contributed by atoms with Gasteiger partial charge in [-0.1, -0.05) is 48.5 Å². The van der Waals surface area contributed by atoms with Crippen molar-refractivity contribution in [3.8, 4) is 0 Å². The van der Waals surface area contributed by atoms with Crippen molar-refractivity contribution < 1.29 is 14.4 Å². The summed E-state index contributed by atoms with van der Waals surface area (Å²) in [6, 6.07) is 18.8. The van der Waals surface area contributed by atoms with E-state index in [2.05, 4.69) is 5.32 Å². The van der Waals surface area contributed by atoms with Crippen LogP contribution in [-0.4, -0.2) is 28.1 Å². The van der Waals surface area contributed by atoms with Crippen LogP contribution < -0.4 is 5.32 Å². The highest BCUT2D eigenvalue weighted by Gasteiger charge is 2.44. The Morgan fingerprint density at radius 1 is 0.963 bits per heavy atom. The average molecular weight is 360 g/mol. The number of carbonyl (C=O) groups excluding carboxylic acids is 3. The minimum Gasteiger partial charge on any atom is -0.345 e. The Morgan fingerprint density at radius 3 is 2.52 bits per heavy atom. The van der Waals surface area contributed by atoms with Crippen molar-refractivity contribution in [1.29, 1.82) is 0 Å². The number of para-hydroxylation sites is 1. The fourth-order valence-corrected chi connectivity index (χ4v) is 3.67. The van der Waals surface area contributed by atoms with Gasteiger partial charge in [0.2, 0.25) is 5.91 Å². The third-order valence-corrected chi connectivity index (χ3v) is 5.10. The maximum absolute atomic E-state index is 12.7. The van der Waals surface area contributed by atoms with Gasteiger partial charge in [-0.05, 0) is 35.9 Å². The number of ketones is 2. The zero-order valence-electron chi connectivity index (χ0n) is 14.8. The molecule has 1 N–H and O–H groups in total. The van der Waals surface area contributed by atoms with E-state index in [0.717, 1.165) is 16.5 Å². The summed E-state index contributed by atoms with van der Waals surface area (Å²) in [4.78, 5) is 37.6. The van der Waals surface area contributed by atoms with Crippen molar-refractivity contribution in [1.82, 2.24) is 9.88 Å². The Labute approximate surface area is 157 Å². The molecule has 0 bridgehead atoms. The number of hydrogen-bond acceptors (Lipinski definition) is 3. The van der Waals surface area contributed by atoms with Crippen LogP contribution in [0.3, 0.4) is 0 Å². The van der Waals surface area contributed by atoms with E-state index in [0.29, 0.717) is 12.8 Å². The second-order valence-corrected chi connectivity index (χ2v) is 6.89. The summed E-state index contributed by atoms with van der Waals surface area (Å²) in [5.74, 6) is -2.34. The number of amides is 1. The van der Waals surface area contributed by atoms with E-state index in [-0.39, 0.29) is 18.1 Å². The number of nitrogens with zero attached hydrogens (tertiary/aromatic N) is 1. The number of nitrogens with one attached hydrogen (secondary N) is 1. The van der Waals surface area contributed by atoms with Crippen molar-refractivity contribution in [3.05, 3.63) is 72.4 Å². The van der Waals surface area contributed by atoms with Gasteiger partial charge in [-0.15, -0.1) is 0 Å². The highest BCUT2D eigenvalue weighted by molar-refractivity contribution is 6.24. The number of hydrogen-bond donors (Lipinski definition) is 1. The van der Waals surface area contributed by atoms with Crippen LogP contribution in [0.4, 0.5) is 0 Å². The SMILES string of the molecule is O=C(Cn1ccc2ccccc21)C1C(=O)NC(CCc2ccccc2)C1=O. The van der Waals surface area contributed by atoms with Crippen molar-refractivity contribution in [2.24, 2.45) is 5.92 Å². The lowest BCUT2D eigenvalue weighted by atomic mass is 9.95. The fraction of sp³-hybridized carbons (Fsp3) is 0.227. The first-order chi connectivity index (χ1) is 13.1. The van der Waals surface area contributed by atoms with Crippen molar-refractivity contribution in [2.45, 2.75) is 25.4 Å². The first-order valence-electron chi connectivity index (χ1n) is 9.08. The normalized spacial score (nSPS) is 19.4. The van der Waals surface area contributed by atoms with Crippen LogP contribution in [0.25, 0.3) is 10.9 Å². The van der Waals surface area contributed by atoms with Crippen molar-refractivity contribution in [3.63, 3.8) is 0 Å². The largest absolute Gasteiger partial charge is 0.345 e. The first kappa shape index (κ1) is 17.2. The predicted molar refractivity (Wildman–Crippen MR) is 102 cm³/mol. The van der Waals surface area contributed by atoms with Gasteiger partial charge < -0.3 is 9.88 Å². The number of carbonyl (C=O) groups is 3. The zero-order chi connectivity index (χ0) is 18.8. The molecule has 1 fully saturated rings. The summed E-state index contributed by atoms with van der Waals surface area (Å²) < 4.78 is 1.79. The Balaban J connectivity index is 1.44. The van der Waals surface area contributed by atoms with Gasteiger partial charge >= 0.3 is 0 Å². The number of aryl methyl sites for hydroxylation is 1. The standard InChI is InChI=1S/C22H20N2O3/c25-19(14-24-13-12-16-8-4-5-9-18(16)24)20-21(26)17(23-22(20)27)11-10-15-6-2-1-3-7-15/h1-9,12-13,17,20H,10-11,14H2,(H,23,27). The van der Waals surface area contributed by atoms with Crippen LogP contribution in [0.15, 0.2) is 66.9 Å². The molecule has 0 spiro atoms. The van der Waals surface area contributed by atoms with E-state index in [1.54, 1.807) is 4.57 Å². The molecule has 0 saturated carbocycles. The van der Waals surface area contributed by atoms with Crippen LogP contribution in [0, 0.1) is 5.92 Å². The molecule has 5 heteroatoms. The van der Waals surface area contributed by atoms with Crippen LogP contribution in [-0.2, 0) is 27.3 Å². The van der Waals surface area contributed by atoms with Gasteiger partial charge in [-0.25, -0.2) is 0 Å². The Hall–Kier alpha value is -3.21. The van der Waals surface area contributed by atoms with E-state index < -0.39 is 17.9 Å². The third-order valence-electron chi connectivity index (χ3n) is 5.10. The van der Waals surface area contributed by atoms with E-state index >= 15 is 0 Å². The summed E-state index contributed by atoms with van der Waals surface area (Å²) in [6.45, 7) is 0.0166. The van der Waals surface area contributed by atoms with E-state index in [4.69, 9.17) is 0 Å². The second-order valence-electron chi connectivity index (χ2n) is 6.89. The third kappa shape index (κ3) is 3.40. The van der Waals surface area contributed by atoms with Gasteiger partial charge in [0.1, 0.15) is 0 Å². The van der Waals surface area contributed by atoms with Gasteiger partial charge in [0, 0.05) is 11.7 Å². The van der Waals surface area contributed by atoms with Crippen LogP contribution in [0.2, 0.25) is 0 Å². The minimum absolute atomic E-state index is 0.0166. The number of aromatic nitrogens is 1. The number of fused-ring (bicyclic) bond motifs is 1. The zero-order valence-corrected chi connectivity index (χ0v) is 14.8. The molecule has 0 radical (unpaired) electrons. The van der Waals surface area contributed by atoms with Gasteiger partial charge in [0.25, 0.3) is 0 Å². The molecule has 1 aliphatic heterocycles. The quantitative estimate of drug-likeness (QED) is 0.687. The Kier molecular flexibility index (Phi) is 4.59. The van der Waals surface area contributed by atoms with Crippen LogP contribution in [0.1, 0.15) is 12.0 Å². The topological polar surface area (TPSA) is 68.2 Å². The van der Waals surface area contributed by atoms with Crippen molar-refractivity contribution in [2.75, 3.05) is 0 Å². The number of Topliss-reactive ketones (excluding diaryl/α,β-unsaturated/α-hetero) is 2. The molecule has 1 amide bonds. The Morgan fingerprint density at radius 2 is 1.70 bits per heavy atom. The smallest absolute Gasteiger partial charge is 0.238 e. The van der Waals surface area contributed by atoms with Gasteiger partial charge in [0.05, 0.1) is 12.6 Å². The van der Waals surface area contributed by atoms with E-state index in [1.807, 2.05) is 66.9 Å². The molecule has 1 aromatic heterocycles. The summed E-state index contributed by atoms with van der Waals surface area (Å²) in [5.41, 5.74) is 2.02. The molecule has 3 aromatic rings. The molecule has 2 atom stereocenters.